The molecule has 0 bridgehead atoms. The van der Waals surface area contributed by atoms with Crippen LogP contribution in [-0.2, 0) is 9.53 Å². The van der Waals surface area contributed by atoms with Gasteiger partial charge in [0.1, 0.15) is 5.41 Å². The molecular formula is C10H17F3N2O2. The fourth-order valence-corrected chi connectivity index (χ4v) is 1.94. The van der Waals surface area contributed by atoms with Crippen molar-refractivity contribution in [3.05, 3.63) is 0 Å². The quantitative estimate of drug-likeness (QED) is 0.806. The van der Waals surface area contributed by atoms with E-state index in [1.807, 2.05) is 0 Å². The maximum absolute atomic E-state index is 13.0. The Bertz CT molecular complexity index is 283. The molecule has 0 radical (unpaired) electrons. The highest BCUT2D eigenvalue weighted by Crippen LogP contribution is 2.45. The van der Waals surface area contributed by atoms with Crippen LogP contribution in [0.4, 0.5) is 13.2 Å². The van der Waals surface area contributed by atoms with Gasteiger partial charge in [0.05, 0.1) is 13.2 Å². The third kappa shape index (κ3) is 2.90. The normalized spacial score (nSPS) is 25.4. The third-order valence-corrected chi connectivity index (χ3v) is 3.06. The van der Waals surface area contributed by atoms with Crippen LogP contribution in [-0.4, -0.2) is 49.8 Å². The van der Waals surface area contributed by atoms with Crippen LogP contribution in [0, 0.1) is 5.41 Å². The number of rotatable bonds is 4. The summed E-state index contributed by atoms with van der Waals surface area (Å²) in [6.07, 6.45) is -4.49. The summed E-state index contributed by atoms with van der Waals surface area (Å²) in [6.45, 7) is 0.934. The van der Waals surface area contributed by atoms with Gasteiger partial charge in [0.15, 0.2) is 0 Å². The van der Waals surface area contributed by atoms with E-state index in [0.717, 1.165) is 4.90 Å². The Morgan fingerprint density at radius 1 is 1.53 bits per heavy atom. The SMILES string of the molecule is CCOCC1(C(F)(F)F)CCN(C(=O)CN)C1. The maximum atomic E-state index is 13.0. The van der Waals surface area contributed by atoms with E-state index in [0.29, 0.717) is 0 Å². The van der Waals surface area contributed by atoms with Gasteiger partial charge in [-0.05, 0) is 13.3 Å². The summed E-state index contributed by atoms with van der Waals surface area (Å²) in [5.41, 5.74) is 3.21. The summed E-state index contributed by atoms with van der Waals surface area (Å²) >= 11 is 0. The van der Waals surface area contributed by atoms with Gasteiger partial charge in [0.2, 0.25) is 5.91 Å². The minimum Gasteiger partial charge on any atom is -0.381 e. The van der Waals surface area contributed by atoms with Crippen LogP contribution < -0.4 is 5.73 Å². The molecule has 4 nitrogen and oxygen atoms in total. The van der Waals surface area contributed by atoms with Crippen molar-refractivity contribution >= 4 is 5.91 Å². The lowest BCUT2D eigenvalue weighted by molar-refractivity contribution is -0.234. The van der Waals surface area contributed by atoms with Crippen molar-refractivity contribution in [3.8, 4) is 0 Å². The van der Waals surface area contributed by atoms with E-state index >= 15 is 0 Å². The lowest BCUT2D eigenvalue weighted by Gasteiger charge is -2.31. The Labute approximate surface area is 97.9 Å². The molecule has 0 aromatic rings. The van der Waals surface area contributed by atoms with Gasteiger partial charge in [0.25, 0.3) is 0 Å². The van der Waals surface area contributed by atoms with E-state index in [9.17, 15) is 18.0 Å². The van der Waals surface area contributed by atoms with Crippen molar-refractivity contribution in [3.63, 3.8) is 0 Å². The smallest absolute Gasteiger partial charge is 0.381 e. The van der Waals surface area contributed by atoms with Crippen molar-refractivity contribution in [2.45, 2.75) is 19.5 Å². The van der Waals surface area contributed by atoms with Gasteiger partial charge < -0.3 is 15.4 Å². The average molecular weight is 254 g/mol. The molecule has 100 valence electrons. The third-order valence-electron chi connectivity index (χ3n) is 3.06. The summed E-state index contributed by atoms with van der Waals surface area (Å²) in [6, 6.07) is 0. The second-order valence-electron chi connectivity index (χ2n) is 4.18. The number of carbonyl (C=O) groups excluding carboxylic acids is 1. The molecule has 1 atom stereocenters. The highest BCUT2D eigenvalue weighted by molar-refractivity contribution is 5.78. The largest absolute Gasteiger partial charge is 0.398 e. The predicted molar refractivity (Wildman–Crippen MR) is 55.2 cm³/mol. The number of hydrogen-bond acceptors (Lipinski definition) is 3. The molecule has 7 heteroatoms. The van der Waals surface area contributed by atoms with E-state index in [4.69, 9.17) is 10.5 Å². The summed E-state index contributed by atoms with van der Waals surface area (Å²) in [7, 11) is 0. The minimum atomic E-state index is -4.37. The van der Waals surface area contributed by atoms with Gasteiger partial charge in [-0.2, -0.15) is 13.2 Å². The topological polar surface area (TPSA) is 55.6 Å². The Morgan fingerprint density at radius 2 is 2.18 bits per heavy atom. The van der Waals surface area contributed by atoms with Crippen molar-refractivity contribution in [2.24, 2.45) is 11.1 Å². The van der Waals surface area contributed by atoms with Crippen LogP contribution in [0.3, 0.4) is 0 Å². The first-order valence-corrected chi connectivity index (χ1v) is 5.48. The summed E-state index contributed by atoms with van der Waals surface area (Å²) in [5.74, 6) is -0.451. The fourth-order valence-electron chi connectivity index (χ4n) is 1.94. The van der Waals surface area contributed by atoms with Crippen molar-refractivity contribution in [1.82, 2.24) is 4.90 Å². The monoisotopic (exact) mass is 254 g/mol. The Morgan fingerprint density at radius 3 is 2.65 bits per heavy atom. The first-order valence-electron chi connectivity index (χ1n) is 5.48. The molecule has 1 amide bonds. The number of halogens is 3. The number of carbonyl (C=O) groups is 1. The number of alkyl halides is 3. The summed E-state index contributed by atoms with van der Waals surface area (Å²) < 4.78 is 44.0. The van der Waals surface area contributed by atoms with E-state index in [-0.39, 0.29) is 32.7 Å². The molecule has 1 aliphatic heterocycles. The lowest BCUT2D eigenvalue weighted by Crippen LogP contribution is -2.46. The molecule has 0 aromatic heterocycles. The zero-order valence-electron chi connectivity index (χ0n) is 9.72. The number of amides is 1. The molecule has 1 saturated heterocycles. The van der Waals surface area contributed by atoms with Crippen molar-refractivity contribution in [2.75, 3.05) is 32.8 Å². The molecular weight excluding hydrogens is 237 g/mol. The molecule has 1 unspecified atom stereocenters. The second-order valence-corrected chi connectivity index (χ2v) is 4.18. The number of likely N-dealkylation sites (tertiary alicyclic amines) is 1. The van der Waals surface area contributed by atoms with Crippen LogP contribution in [0.15, 0.2) is 0 Å². The predicted octanol–water partition coefficient (Wildman–Crippen LogP) is 0.763. The number of nitrogens with two attached hydrogens (primary N) is 1. The molecule has 1 fully saturated rings. The molecule has 1 aliphatic rings. The molecule has 1 rings (SSSR count). The van der Waals surface area contributed by atoms with Gasteiger partial charge in [-0.15, -0.1) is 0 Å². The van der Waals surface area contributed by atoms with Crippen molar-refractivity contribution < 1.29 is 22.7 Å². The van der Waals surface area contributed by atoms with Crippen LogP contribution in [0.5, 0.6) is 0 Å². The van der Waals surface area contributed by atoms with E-state index in [1.54, 1.807) is 6.92 Å². The molecule has 1 heterocycles. The molecule has 0 saturated carbocycles. The van der Waals surface area contributed by atoms with Gasteiger partial charge >= 0.3 is 6.18 Å². The number of ether oxygens (including phenoxy) is 1. The second kappa shape index (κ2) is 5.22. The van der Waals surface area contributed by atoms with Crippen LogP contribution in [0.25, 0.3) is 0 Å². The maximum Gasteiger partial charge on any atom is 0.398 e. The van der Waals surface area contributed by atoms with Gasteiger partial charge in [-0.1, -0.05) is 0 Å². The van der Waals surface area contributed by atoms with E-state index in [2.05, 4.69) is 0 Å². The Hall–Kier alpha value is -0.820. The zero-order chi connectivity index (χ0) is 13.1. The first-order chi connectivity index (χ1) is 7.86. The highest BCUT2D eigenvalue weighted by atomic mass is 19.4. The van der Waals surface area contributed by atoms with Crippen LogP contribution in [0.2, 0.25) is 0 Å². The van der Waals surface area contributed by atoms with E-state index < -0.39 is 24.1 Å². The van der Waals surface area contributed by atoms with Gasteiger partial charge in [-0.3, -0.25) is 4.79 Å². The van der Waals surface area contributed by atoms with Crippen LogP contribution in [0.1, 0.15) is 13.3 Å². The zero-order valence-corrected chi connectivity index (χ0v) is 9.72. The molecule has 0 aliphatic carbocycles. The Kier molecular flexibility index (Phi) is 4.37. The number of hydrogen-bond donors (Lipinski definition) is 1. The lowest BCUT2D eigenvalue weighted by atomic mass is 9.87. The average Bonchev–Trinajstić information content (AvgIpc) is 2.70. The van der Waals surface area contributed by atoms with E-state index in [1.165, 1.54) is 0 Å². The minimum absolute atomic E-state index is 0.0859. The van der Waals surface area contributed by atoms with Gasteiger partial charge in [0, 0.05) is 19.7 Å². The van der Waals surface area contributed by atoms with Crippen LogP contribution >= 0.6 is 0 Å². The highest BCUT2D eigenvalue weighted by Gasteiger charge is 2.58. The summed E-state index contributed by atoms with van der Waals surface area (Å²) in [4.78, 5) is 12.5. The Balaban J connectivity index is 2.78. The fraction of sp³-hybridized carbons (Fsp3) is 0.900. The molecule has 2 N–H and O–H groups in total. The standard InChI is InChI=1S/C10H17F3N2O2/c1-2-17-7-9(10(11,12)13)3-4-15(6-9)8(16)5-14/h2-7,14H2,1H3. The van der Waals surface area contributed by atoms with Gasteiger partial charge in [-0.25, -0.2) is 0 Å². The molecule has 17 heavy (non-hydrogen) atoms. The first kappa shape index (κ1) is 14.2. The molecule has 0 aromatic carbocycles. The molecule has 0 spiro atoms. The summed E-state index contributed by atoms with van der Waals surface area (Å²) in [5, 5.41) is 0. The van der Waals surface area contributed by atoms with Crippen molar-refractivity contribution in [1.29, 1.82) is 0 Å². The number of nitrogens with zero attached hydrogens (tertiary/aromatic N) is 1.